The van der Waals surface area contributed by atoms with E-state index in [9.17, 15) is 0 Å². The summed E-state index contributed by atoms with van der Waals surface area (Å²) in [5.74, 6) is 0.818. The molecule has 114 valence electrons. The van der Waals surface area contributed by atoms with E-state index in [0.29, 0.717) is 5.65 Å². The topological polar surface area (TPSA) is 67.3 Å². The lowest BCUT2D eigenvalue weighted by atomic mass is 10.2. The number of pyridine rings is 3. The fraction of sp³-hybridized carbons (Fsp3) is 0. The molecule has 5 heterocycles. The van der Waals surface area contributed by atoms with E-state index in [2.05, 4.69) is 37.1 Å². The van der Waals surface area contributed by atoms with E-state index in [1.807, 2.05) is 36.4 Å². The highest BCUT2D eigenvalue weighted by Gasteiger charge is 2.11. The summed E-state index contributed by atoms with van der Waals surface area (Å²) in [5, 5.41) is 0. The zero-order valence-electron chi connectivity index (χ0n) is 12.5. The van der Waals surface area contributed by atoms with Gasteiger partial charge in [0, 0.05) is 12.4 Å². The Balaban J connectivity index is 1.63. The van der Waals surface area contributed by atoms with E-state index >= 15 is 0 Å². The van der Waals surface area contributed by atoms with E-state index in [1.54, 1.807) is 23.7 Å². The summed E-state index contributed by atoms with van der Waals surface area (Å²) in [7, 11) is 0. The van der Waals surface area contributed by atoms with Crippen LogP contribution in [0.25, 0.3) is 43.5 Å². The molecule has 0 aromatic carbocycles. The molecule has 0 aliphatic carbocycles. The molecule has 0 saturated heterocycles. The van der Waals surface area contributed by atoms with Crippen LogP contribution in [-0.4, -0.2) is 24.9 Å². The van der Waals surface area contributed by atoms with Gasteiger partial charge in [0.25, 0.3) is 0 Å². The Morgan fingerprint density at radius 1 is 0.833 bits per heavy atom. The van der Waals surface area contributed by atoms with Crippen molar-refractivity contribution in [1.82, 2.24) is 24.9 Å². The Labute approximate surface area is 141 Å². The number of H-pyrrole nitrogens is 1. The van der Waals surface area contributed by atoms with E-state index in [4.69, 9.17) is 0 Å². The third-order valence-electron chi connectivity index (χ3n) is 3.79. The van der Waals surface area contributed by atoms with E-state index in [0.717, 1.165) is 37.8 Å². The molecule has 1 N–H and O–H groups in total. The lowest BCUT2D eigenvalue weighted by molar-refractivity contribution is 1.26. The first-order valence-corrected chi connectivity index (χ1v) is 8.31. The average Bonchev–Trinajstić information content (AvgIpc) is 3.25. The number of nitrogens with one attached hydrogen (secondary N) is 1. The van der Waals surface area contributed by atoms with Crippen molar-refractivity contribution >= 4 is 32.7 Å². The maximum Gasteiger partial charge on any atom is 0.178 e. The molecular weight excluding hydrogens is 318 g/mol. The molecule has 0 amide bonds. The smallest absolute Gasteiger partial charge is 0.178 e. The second-order valence-electron chi connectivity index (χ2n) is 5.37. The number of hydrogen-bond donors (Lipinski definition) is 1. The van der Waals surface area contributed by atoms with Crippen LogP contribution in [0.4, 0.5) is 0 Å². The molecule has 5 aromatic heterocycles. The van der Waals surface area contributed by atoms with Crippen LogP contribution in [0.2, 0.25) is 0 Å². The summed E-state index contributed by atoms with van der Waals surface area (Å²) >= 11 is 1.67. The largest absolute Gasteiger partial charge is 0.336 e. The van der Waals surface area contributed by atoms with Crippen molar-refractivity contribution in [3.8, 4) is 22.1 Å². The van der Waals surface area contributed by atoms with Gasteiger partial charge in [0.2, 0.25) is 0 Å². The monoisotopic (exact) mass is 329 g/mol. The summed E-state index contributed by atoms with van der Waals surface area (Å²) in [6.07, 6.45) is 3.57. The molecule has 0 radical (unpaired) electrons. The predicted octanol–water partition coefficient (Wildman–Crippen LogP) is 4.30. The van der Waals surface area contributed by atoms with Crippen LogP contribution in [0.5, 0.6) is 0 Å². The summed E-state index contributed by atoms with van der Waals surface area (Å²) in [6.45, 7) is 0. The molecule has 0 atom stereocenters. The zero-order chi connectivity index (χ0) is 15.9. The molecule has 0 saturated carbocycles. The van der Waals surface area contributed by atoms with E-state index in [-0.39, 0.29) is 0 Å². The van der Waals surface area contributed by atoms with Crippen LogP contribution in [0, 0.1) is 0 Å². The molecule has 5 rings (SSSR count). The van der Waals surface area contributed by atoms with Crippen LogP contribution in [0.3, 0.4) is 0 Å². The number of fused-ring (bicyclic) bond motifs is 2. The molecule has 5 nitrogen and oxygen atoms in total. The van der Waals surface area contributed by atoms with Crippen molar-refractivity contribution in [1.29, 1.82) is 0 Å². The number of thiophene rings is 1. The highest BCUT2D eigenvalue weighted by atomic mass is 32.1. The average molecular weight is 329 g/mol. The van der Waals surface area contributed by atoms with Gasteiger partial charge < -0.3 is 4.98 Å². The zero-order valence-corrected chi connectivity index (χ0v) is 13.3. The summed E-state index contributed by atoms with van der Waals surface area (Å²) in [5.41, 5.74) is 4.25. The minimum Gasteiger partial charge on any atom is -0.336 e. The quantitative estimate of drug-likeness (QED) is 0.524. The number of rotatable bonds is 2. The Morgan fingerprint density at radius 2 is 1.79 bits per heavy atom. The van der Waals surface area contributed by atoms with Crippen molar-refractivity contribution in [2.75, 3.05) is 0 Å². The van der Waals surface area contributed by atoms with Crippen molar-refractivity contribution in [3.63, 3.8) is 0 Å². The van der Waals surface area contributed by atoms with Gasteiger partial charge in [-0.05, 0) is 42.5 Å². The number of aromatic nitrogens is 5. The van der Waals surface area contributed by atoms with Gasteiger partial charge in [-0.2, -0.15) is 0 Å². The van der Waals surface area contributed by atoms with Gasteiger partial charge in [0.1, 0.15) is 0 Å². The molecule has 0 aliphatic rings. The normalized spacial score (nSPS) is 11.3. The SMILES string of the molecule is c1ccc(-c2ccc3[nH]c(-c4cc5ncccc5s4)nc3n2)nc1. The van der Waals surface area contributed by atoms with Crippen LogP contribution >= 0.6 is 11.3 Å². The standard InChI is InChI=1S/C18H11N5S/c1-2-8-19-11(4-1)12-6-7-13-17(21-12)23-18(22-13)16-10-14-15(24-16)5-3-9-20-14/h1-10H,(H,21,22,23). The van der Waals surface area contributed by atoms with Crippen molar-refractivity contribution in [2.45, 2.75) is 0 Å². The highest BCUT2D eigenvalue weighted by molar-refractivity contribution is 7.22. The molecule has 24 heavy (non-hydrogen) atoms. The molecule has 0 aliphatic heterocycles. The van der Waals surface area contributed by atoms with Gasteiger partial charge in [-0.3, -0.25) is 9.97 Å². The molecule has 0 unspecified atom stereocenters. The first-order valence-electron chi connectivity index (χ1n) is 7.50. The van der Waals surface area contributed by atoms with Gasteiger partial charge >= 0.3 is 0 Å². The van der Waals surface area contributed by atoms with Crippen molar-refractivity contribution in [2.24, 2.45) is 0 Å². The van der Waals surface area contributed by atoms with Crippen LogP contribution < -0.4 is 0 Å². The highest BCUT2D eigenvalue weighted by Crippen LogP contribution is 2.31. The molecule has 5 aromatic rings. The van der Waals surface area contributed by atoms with Crippen LogP contribution in [-0.2, 0) is 0 Å². The second kappa shape index (κ2) is 5.21. The number of nitrogens with zero attached hydrogens (tertiary/aromatic N) is 4. The molecule has 0 spiro atoms. The fourth-order valence-electron chi connectivity index (χ4n) is 2.65. The van der Waals surface area contributed by atoms with Crippen molar-refractivity contribution in [3.05, 3.63) is 60.9 Å². The predicted molar refractivity (Wildman–Crippen MR) is 95.7 cm³/mol. The summed E-state index contributed by atoms with van der Waals surface area (Å²) in [4.78, 5) is 22.4. The molecule has 0 fully saturated rings. The minimum absolute atomic E-state index is 0.693. The number of hydrogen-bond acceptors (Lipinski definition) is 5. The van der Waals surface area contributed by atoms with Gasteiger partial charge in [0.05, 0.1) is 32.0 Å². The second-order valence-corrected chi connectivity index (χ2v) is 6.45. The van der Waals surface area contributed by atoms with Gasteiger partial charge in [-0.15, -0.1) is 11.3 Å². The number of imidazole rings is 1. The van der Waals surface area contributed by atoms with E-state index < -0.39 is 0 Å². The molecule has 0 bridgehead atoms. The summed E-state index contributed by atoms with van der Waals surface area (Å²) < 4.78 is 1.15. The van der Waals surface area contributed by atoms with Gasteiger partial charge in [-0.1, -0.05) is 6.07 Å². The Bertz CT molecular complexity index is 1130. The Morgan fingerprint density at radius 3 is 2.67 bits per heavy atom. The molecule has 6 heteroatoms. The third kappa shape index (κ3) is 2.16. The van der Waals surface area contributed by atoms with Crippen molar-refractivity contribution < 1.29 is 0 Å². The first kappa shape index (κ1) is 13.3. The van der Waals surface area contributed by atoms with E-state index in [1.165, 1.54) is 0 Å². The maximum atomic E-state index is 4.65. The molecular formula is C18H11N5S. The van der Waals surface area contributed by atoms with Crippen LogP contribution in [0.1, 0.15) is 0 Å². The lowest BCUT2D eigenvalue weighted by Crippen LogP contribution is -1.86. The summed E-state index contributed by atoms with van der Waals surface area (Å²) in [6, 6.07) is 15.8. The lowest BCUT2D eigenvalue weighted by Gasteiger charge is -1.98. The van der Waals surface area contributed by atoms with Crippen LogP contribution in [0.15, 0.2) is 60.9 Å². The maximum absolute atomic E-state index is 4.65. The Kier molecular flexibility index (Phi) is 2.89. The number of aromatic amines is 1. The van der Waals surface area contributed by atoms with Gasteiger partial charge in [-0.25, -0.2) is 9.97 Å². The fourth-order valence-corrected chi connectivity index (χ4v) is 3.62. The first-order chi connectivity index (χ1) is 11.9. The third-order valence-corrected chi connectivity index (χ3v) is 4.89. The Hall–Kier alpha value is -3.12. The minimum atomic E-state index is 0.693. The van der Waals surface area contributed by atoms with Gasteiger partial charge in [0.15, 0.2) is 11.5 Å².